The molecule has 1 N–H and O–H groups in total. The van der Waals surface area contributed by atoms with Gasteiger partial charge in [0.15, 0.2) is 0 Å². The zero-order valence-corrected chi connectivity index (χ0v) is 20.2. The molecule has 1 fully saturated rings. The molecule has 4 rings (SSSR count). The maximum absolute atomic E-state index is 13.5. The largest absolute Gasteiger partial charge is 0.381 e. The fourth-order valence-corrected chi connectivity index (χ4v) is 5.12. The number of carbonyl (C=O) groups is 2. The van der Waals surface area contributed by atoms with Gasteiger partial charge in [-0.2, -0.15) is 0 Å². The van der Waals surface area contributed by atoms with Gasteiger partial charge in [-0.1, -0.05) is 61.8 Å². The molecule has 1 unspecified atom stereocenters. The minimum atomic E-state index is -0.492. The average molecular weight is 469 g/mol. The van der Waals surface area contributed by atoms with Gasteiger partial charge >= 0.3 is 0 Å². The van der Waals surface area contributed by atoms with E-state index in [-0.39, 0.29) is 23.1 Å². The number of hydrogen-bond donors (Lipinski definition) is 1. The van der Waals surface area contributed by atoms with E-state index in [2.05, 4.69) is 29.6 Å². The second-order valence-corrected chi connectivity index (χ2v) is 10.2. The van der Waals surface area contributed by atoms with Crippen LogP contribution in [0.4, 0.5) is 0 Å². The number of amides is 2. The fraction of sp³-hybridized carbons (Fsp3) is 0.481. The van der Waals surface area contributed by atoms with Crippen LogP contribution in [0.25, 0.3) is 0 Å². The molecule has 5 nitrogen and oxygen atoms in total. The average Bonchev–Trinajstić information content (AvgIpc) is 2.82. The predicted octanol–water partition coefficient (Wildman–Crippen LogP) is 4.50. The summed E-state index contributed by atoms with van der Waals surface area (Å²) in [5.74, 6) is 0.202. The van der Waals surface area contributed by atoms with Crippen molar-refractivity contribution in [2.45, 2.75) is 57.5 Å². The SMILES string of the molecule is CC(C)CC(=O)N1Cc2ccccc2CC1C(=O)NCC1(c2ccc(Cl)cc2)CCOCC1. The Balaban J connectivity index is 1.54. The summed E-state index contributed by atoms with van der Waals surface area (Å²) in [6, 6.07) is 15.5. The molecule has 0 aliphatic carbocycles. The van der Waals surface area contributed by atoms with Crippen LogP contribution in [0.5, 0.6) is 0 Å². The highest BCUT2D eigenvalue weighted by Gasteiger charge is 2.38. The lowest BCUT2D eigenvalue weighted by molar-refractivity contribution is -0.142. The monoisotopic (exact) mass is 468 g/mol. The first-order valence-corrected chi connectivity index (χ1v) is 12.2. The first kappa shape index (κ1) is 23.8. The minimum absolute atomic E-state index is 0.0399. The highest BCUT2D eigenvalue weighted by atomic mass is 35.5. The van der Waals surface area contributed by atoms with Crippen LogP contribution in [0.2, 0.25) is 5.02 Å². The molecule has 1 saturated heterocycles. The Bertz CT molecular complexity index is 983. The Hall–Kier alpha value is -2.37. The molecular formula is C27H33ClN2O3. The Morgan fingerprint density at radius 1 is 1.09 bits per heavy atom. The number of benzene rings is 2. The van der Waals surface area contributed by atoms with E-state index in [0.29, 0.717) is 44.2 Å². The van der Waals surface area contributed by atoms with E-state index >= 15 is 0 Å². The number of nitrogens with one attached hydrogen (secondary N) is 1. The molecule has 2 amide bonds. The van der Waals surface area contributed by atoms with Crippen molar-refractivity contribution in [1.82, 2.24) is 10.2 Å². The number of fused-ring (bicyclic) bond motifs is 1. The molecule has 2 aromatic rings. The van der Waals surface area contributed by atoms with E-state index in [1.165, 1.54) is 0 Å². The van der Waals surface area contributed by atoms with Crippen molar-refractivity contribution >= 4 is 23.4 Å². The van der Waals surface area contributed by atoms with Crippen LogP contribution in [-0.2, 0) is 32.7 Å². The molecule has 2 aromatic carbocycles. The first-order valence-electron chi connectivity index (χ1n) is 11.9. The van der Waals surface area contributed by atoms with E-state index in [1.54, 1.807) is 4.90 Å². The molecule has 0 radical (unpaired) electrons. The standard InChI is InChI=1S/C27H33ClN2O3/c1-19(2)15-25(31)30-17-21-6-4-3-5-20(21)16-24(30)26(32)29-18-27(11-13-33-14-12-27)22-7-9-23(28)10-8-22/h3-10,19,24H,11-18H2,1-2H3,(H,29,32). The van der Waals surface area contributed by atoms with Gasteiger partial charge in [-0.15, -0.1) is 0 Å². The third-order valence-electron chi connectivity index (χ3n) is 6.96. The van der Waals surface area contributed by atoms with Crippen LogP contribution in [0.3, 0.4) is 0 Å². The molecule has 2 aliphatic heterocycles. The molecule has 0 bridgehead atoms. The number of halogens is 1. The molecule has 1 atom stereocenters. The Morgan fingerprint density at radius 3 is 2.42 bits per heavy atom. The first-order chi connectivity index (χ1) is 15.9. The van der Waals surface area contributed by atoms with Crippen LogP contribution in [0, 0.1) is 5.92 Å². The van der Waals surface area contributed by atoms with Crippen LogP contribution >= 0.6 is 11.6 Å². The minimum Gasteiger partial charge on any atom is -0.381 e. The van der Waals surface area contributed by atoms with Gasteiger partial charge in [0.05, 0.1) is 0 Å². The van der Waals surface area contributed by atoms with Crippen molar-refractivity contribution in [1.29, 1.82) is 0 Å². The van der Waals surface area contributed by atoms with Gasteiger partial charge in [-0.25, -0.2) is 0 Å². The Kier molecular flexibility index (Phi) is 7.40. The summed E-state index contributed by atoms with van der Waals surface area (Å²) in [6.45, 7) is 6.39. The Morgan fingerprint density at radius 2 is 1.76 bits per heavy atom. The molecule has 0 aromatic heterocycles. The quantitative estimate of drug-likeness (QED) is 0.678. The molecule has 6 heteroatoms. The fourth-order valence-electron chi connectivity index (χ4n) is 4.99. The summed E-state index contributed by atoms with van der Waals surface area (Å²) in [5.41, 5.74) is 3.24. The number of ether oxygens (including phenoxy) is 1. The number of nitrogens with zero attached hydrogens (tertiary/aromatic N) is 1. The summed E-state index contributed by atoms with van der Waals surface area (Å²) < 4.78 is 5.63. The summed E-state index contributed by atoms with van der Waals surface area (Å²) in [6.07, 6.45) is 2.65. The van der Waals surface area contributed by atoms with Gasteiger partial charge in [0.25, 0.3) is 0 Å². The second kappa shape index (κ2) is 10.3. The number of carbonyl (C=O) groups excluding carboxylic acids is 2. The molecule has 33 heavy (non-hydrogen) atoms. The normalized spacial score (nSPS) is 19.8. The smallest absolute Gasteiger partial charge is 0.243 e. The number of hydrogen-bond acceptors (Lipinski definition) is 3. The van der Waals surface area contributed by atoms with Crippen LogP contribution in [0.1, 0.15) is 49.8 Å². The van der Waals surface area contributed by atoms with Crippen LogP contribution in [0.15, 0.2) is 48.5 Å². The lowest BCUT2D eigenvalue weighted by Gasteiger charge is -2.40. The van der Waals surface area contributed by atoms with E-state index in [9.17, 15) is 9.59 Å². The van der Waals surface area contributed by atoms with E-state index in [1.807, 2.05) is 38.1 Å². The highest BCUT2D eigenvalue weighted by molar-refractivity contribution is 6.30. The highest BCUT2D eigenvalue weighted by Crippen LogP contribution is 2.35. The summed E-state index contributed by atoms with van der Waals surface area (Å²) in [4.78, 5) is 28.4. The number of rotatable bonds is 6. The third-order valence-corrected chi connectivity index (χ3v) is 7.21. The van der Waals surface area contributed by atoms with Crippen molar-refractivity contribution in [3.63, 3.8) is 0 Å². The predicted molar refractivity (Wildman–Crippen MR) is 130 cm³/mol. The summed E-state index contributed by atoms with van der Waals surface area (Å²) in [7, 11) is 0. The summed E-state index contributed by atoms with van der Waals surface area (Å²) >= 11 is 6.12. The molecule has 176 valence electrons. The molecule has 2 aliphatic rings. The van der Waals surface area contributed by atoms with E-state index in [4.69, 9.17) is 16.3 Å². The maximum Gasteiger partial charge on any atom is 0.243 e. The zero-order valence-electron chi connectivity index (χ0n) is 19.5. The van der Waals surface area contributed by atoms with Gasteiger partial charge in [0.2, 0.25) is 11.8 Å². The second-order valence-electron chi connectivity index (χ2n) is 9.73. The molecule has 0 saturated carbocycles. The third kappa shape index (κ3) is 5.42. The lowest BCUT2D eigenvalue weighted by Crippen LogP contribution is -2.55. The molecule has 0 spiro atoms. The zero-order chi connectivity index (χ0) is 23.4. The topological polar surface area (TPSA) is 58.6 Å². The van der Waals surface area contributed by atoms with Crippen molar-refractivity contribution < 1.29 is 14.3 Å². The van der Waals surface area contributed by atoms with Gasteiger partial charge in [0.1, 0.15) is 6.04 Å². The van der Waals surface area contributed by atoms with E-state index < -0.39 is 6.04 Å². The van der Waals surface area contributed by atoms with Crippen molar-refractivity contribution in [2.75, 3.05) is 19.8 Å². The van der Waals surface area contributed by atoms with Gasteiger partial charge < -0.3 is 15.0 Å². The van der Waals surface area contributed by atoms with Gasteiger partial charge in [-0.3, -0.25) is 9.59 Å². The van der Waals surface area contributed by atoms with E-state index in [0.717, 1.165) is 29.5 Å². The molecular weight excluding hydrogens is 436 g/mol. The van der Waals surface area contributed by atoms with Crippen molar-refractivity contribution in [2.24, 2.45) is 5.92 Å². The van der Waals surface area contributed by atoms with Crippen LogP contribution in [-0.4, -0.2) is 42.5 Å². The van der Waals surface area contributed by atoms with Crippen molar-refractivity contribution in [3.05, 3.63) is 70.2 Å². The van der Waals surface area contributed by atoms with Gasteiger partial charge in [-0.05, 0) is 47.6 Å². The van der Waals surface area contributed by atoms with Crippen LogP contribution < -0.4 is 5.32 Å². The molecule has 2 heterocycles. The lowest BCUT2D eigenvalue weighted by atomic mass is 9.74. The maximum atomic E-state index is 13.5. The van der Waals surface area contributed by atoms with Crippen molar-refractivity contribution in [3.8, 4) is 0 Å². The van der Waals surface area contributed by atoms with Gasteiger partial charge in [0, 0.05) is 49.6 Å². The summed E-state index contributed by atoms with van der Waals surface area (Å²) in [5, 5.41) is 3.92. The Labute approximate surface area is 201 Å².